The van der Waals surface area contributed by atoms with Gasteiger partial charge in [-0.25, -0.2) is 0 Å². The fourth-order valence-electron chi connectivity index (χ4n) is 3.85. The van der Waals surface area contributed by atoms with E-state index in [0.717, 1.165) is 31.1 Å². The molecule has 3 N–H and O–H groups in total. The Balaban J connectivity index is 0.00000225. The minimum Gasteiger partial charge on any atom is -0.371 e. The van der Waals surface area contributed by atoms with E-state index < -0.39 is 0 Å². The van der Waals surface area contributed by atoms with E-state index in [1.54, 1.807) is 0 Å². The van der Waals surface area contributed by atoms with E-state index in [-0.39, 0.29) is 24.0 Å². The predicted octanol–water partition coefficient (Wildman–Crippen LogP) is 4.33. The minimum atomic E-state index is 0. The number of aryl methyl sites for hydroxylation is 1. The number of nitrogens with two attached hydrogens (primary N) is 1. The van der Waals surface area contributed by atoms with Crippen molar-refractivity contribution < 1.29 is 0 Å². The standard InChI is InChI=1S/C19H29ClN4.HI/c1-14-7-8-16(20)11-18(14)24-10-9-15(13-24)12-22-19(21)23-17-5-3-2-4-6-17;/h7-8,11,15,17H,2-6,9-10,12-13H2,1H3,(H3,21,22,23);1H. The molecule has 140 valence electrons. The number of guanidine groups is 1. The third-order valence-electron chi connectivity index (χ3n) is 5.27. The number of hydrogen-bond acceptors (Lipinski definition) is 2. The van der Waals surface area contributed by atoms with E-state index in [9.17, 15) is 0 Å². The summed E-state index contributed by atoms with van der Waals surface area (Å²) in [7, 11) is 0. The van der Waals surface area contributed by atoms with Crippen molar-refractivity contribution in [3.05, 3.63) is 28.8 Å². The molecule has 0 radical (unpaired) electrons. The van der Waals surface area contributed by atoms with Gasteiger partial charge in [0.1, 0.15) is 0 Å². The zero-order valence-corrected chi connectivity index (χ0v) is 18.1. The number of aliphatic imine (C=N–C) groups is 1. The van der Waals surface area contributed by atoms with Gasteiger partial charge in [-0.3, -0.25) is 4.99 Å². The summed E-state index contributed by atoms with van der Waals surface area (Å²) in [5.74, 6) is 1.19. The highest BCUT2D eigenvalue weighted by Gasteiger charge is 2.23. The minimum absolute atomic E-state index is 0. The number of hydrogen-bond donors (Lipinski definition) is 2. The van der Waals surface area contributed by atoms with Crippen LogP contribution in [-0.4, -0.2) is 31.6 Å². The Bertz CT molecular complexity index is 587. The lowest BCUT2D eigenvalue weighted by atomic mass is 9.96. The van der Waals surface area contributed by atoms with Crippen LogP contribution in [0.1, 0.15) is 44.1 Å². The average molecular weight is 477 g/mol. The second kappa shape index (κ2) is 9.86. The monoisotopic (exact) mass is 476 g/mol. The van der Waals surface area contributed by atoms with Crippen LogP contribution in [0.15, 0.2) is 23.2 Å². The second-order valence-electron chi connectivity index (χ2n) is 7.24. The Kier molecular flexibility index (Phi) is 8.13. The first-order valence-electron chi connectivity index (χ1n) is 9.19. The zero-order chi connectivity index (χ0) is 16.9. The highest BCUT2D eigenvalue weighted by Crippen LogP contribution is 2.29. The molecule has 3 rings (SSSR count). The van der Waals surface area contributed by atoms with Crippen LogP contribution in [0, 0.1) is 12.8 Å². The summed E-state index contributed by atoms with van der Waals surface area (Å²) in [5.41, 5.74) is 8.61. The molecule has 25 heavy (non-hydrogen) atoms. The molecule has 1 heterocycles. The maximum atomic E-state index is 6.15. The van der Waals surface area contributed by atoms with E-state index in [2.05, 4.69) is 34.3 Å². The molecule has 0 bridgehead atoms. The molecule has 2 fully saturated rings. The van der Waals surface area contributed by atoms with Crippen LogP contribution in [0.25, 0.3) is 0 Å². The summed E-state index contributed by atoms with van der Waals surface area (Å²) in [6, 6.07) is 6.64. The number of halogens is 2. The van der Waals surface area contributed by atoms with Crippen molar-refractivity contribution >= 4 is 47.2 Å². The molecule has 1 aromatic carbocycles. The smallest absolute Gasteiger partial charge is 0.188 e. The Hall–Kier alpha value is -0.690. The van der Waals surface area contributed by atoms with Gasteiger partial charge in [-0.05, 0) is 49.8 Å². The van der Waals surface area contributed by atoms with Crippen LogP contribution in [0.4, 0.5) is 5.69 Å². The molecule has 1 aromatic rings. The first-order valence-corrected chi connectivity index (χ1v) is 9.57. The van der Waals surface area contributed by atoms with Crippen LogP contribution in [0.2, 0.25) is 5.02 Å². The van der Waals surface area contributed by atoms with Gasteiger partial charge < -0.3 is 16.0 Å². The van der Waals surface area contributed by atoms with Crippen LogP contribution < -0.4 is 16.0 Å². The second-order valence-corrected chi connectivity index (χ2v) is 7.67. The summed E-state index contributed by atoms with van der Waals surface area (Å²) in [6.45, 7) is 5.05. The van der Waals surface area contributed by atoms with E-state index in [1.807, 2.05) is 6.07 Å². The fourth-order valence-corrected chi connectivity index (χ4v) is 4.02. The first kappa shape index (κ1) is 20.6. The number of benzene rings is 1. The molecule has 4 nitrogen and oxygen atoms in total. The van der Waals surface area contributed by atoms with Crippen LogP contribution in [-0.2, 0) is 0 Å². The molecule has 2 aliphatic rings. The van der Waals surface area contributed by atoms with E-state index in [4.69, 9.17) is 17.3 Å². The molecular weight excluding hydrogens is 447 g/mol. The van der Waals surface area contributed by atoms with Gasteiger partial charge in [-0.15, -0.1) is 24.0 Å². The van der Waals surface area contributed by atoms with Crippen molar-refractivity contribution in [3.63, 3.8) is 0 Å². The van der Waals surface area contributed by atoms with E-state index >= 15 is 0 Å². The van der Waals surface area contributed by atoms with Crippen LogP contribution in [0.5, 0.6) is 0 Å². The number of nitrogens with zero attached hydrogens (tertiary/aromatic N) is 2. The molecule has 1 atom stereocenters. The first-order chi connectivity index (χ1) is 11.6. The Morgan fingerprint density at radius 3 is 2.80 bits per heavy atom. The summed E-state index contributed by atoms with van der Waals surface area (Å²) in [4.78, 5) is 7.02. The SMILES string of the molecule is Cc1ccc(Cl)cc1N1CCC(CN=C(N)NC2CCCCC2)C1.I. The molecule has 0 aromatic heterocycles. The Morgan fingerprint density at radius 2 is 2.04 bits per heavy atom. The van der Waals surface area contributed by atoms with Gasteiger partial charge in [0.2, 0.25) is 0 Å². The highest BCUT2D eigenvalue weighted by molar-refractivity contribution is 14.0. The van der Waals surface area contributed by atoms with Crippen molar-refractivity contribution in [1.82, 2.24) is 5.32 Å². The maximum Gasteiger partial charge on any atom is 0.188 e. The normalized spacial score (nSPS) is 21.9. The molecule has 0 spiro atoms. The molecule has 0 amide bonds. The number of rotatable bonds is 4. The molecule has 6 heteroatoms. The van der Waals surface area contributed by atoms with Crippen molar-refractivity contribution in [2.24, 2.45) is 16.6 Å². The topological polar surface area (TPSA) is 53.6 Å². The Labute approximate surface area is 173 Å². The maximum absolute atomic E-state index is 6.15. The van der Waals surface area contributed by atoms with Gasteiger partial charge in [0, 0.05) is 36.4 Å². The summed E-state index contributed by atoms with van der Waals surface area (Å²) >= 11 is 6.15. The van der Waals surface area contributed by atoms with Gasteiger partial charge in [-0.2, -0.15) is 0 Å². The van der Waals surface area contributed by atoms with Crippen molar-refractivity contribution in [2.75, 3.05) is 24.5 Å². The molecule has 1 unspecified atom stereocenters. The van der Waals surface area contributed by atoms with Crippen molar-refractivity contribution in [3.8, 4) is 0 Å². The summed E-state index contributed by atoms with van der Waals surface area (Å²) in [6.07, 6.45) is 7.58. The summed E-state index contributed by atoms with van der Waals surface area (Å²) < 4.78 is 0. The van der Waals surface area contributed by atoms with Gasteiger partial charge in [-0.1, -0.05) is 36.9 Å². The molecular formula is C19H30ClIN4. The van der Waals surface area contributed by atoms with Gasteiger partial charge >= 0.3 is 0 Å². The lowest BCUT2D eigenvalue weighted by Crippen LogP contribution is -2.41. The van der Waals surface area contributed by atoms with Crippen molar-refractivity contribution in [2.45, 2.75) is 51.5 Å². The third kappa shape index (κ3) is 5.91. The van der Waals surface area contributed by atoms with Crippen molar-refractivity contribution in [1.29, 1.82) is 0 Å². The van der Waals surface area contributed by atoms with Gasteiger partial charge in [0.15, 0.2) is 5.96 Å². The Morgan fingerprint density at radius 1 is 1.28 bits per heavy atom. The zero-order valence-electron chi connectivity index (χ0n) is 15.0. The van der Waals surface area contributed by atoms with Gasteiger partial charge in [0.25, 0.3) is 0 Å². The average Bonchev–Trinajstić information content (AvgIpc) is 3.05. The lowest BCUT2D eigenvalue weighted by molar-refractivity contribution is 0.412. The highest BCUT2D eigenvalue weighted by atomic mass is 127. The number of nitrogens with one attached hydrogen (secondary N) is 1. The molecule has 1 saturated heterocycles. The third-order valence-corrected chi connectivity index (χ3v) is 5.51. The fraction of sp³-hybridized carbons (Fsp3) is 0.632. The quantitative estimate of drug-likeness (QED) is 0.386. The lowest BCUT2D eigenvalue weighted by Gasteiger charge is -2.23. The van der Waals surface area contributed by atoms with E-state index in [1.165, 1.54) is 43.4 Å². The van der Waals surface area contributed by atoms with Gasteiger partial charge in [0.05, 0.1) is 0 Å². The number of anilines is 1. The van der Waals surface area contributed by atoms with Crippen LogP contribution in [0.3, 0.4) is 0 Å². The summed E-state index contributed by atoms with van der Waals surface area (Å²) in [5, 5.41) is 4.20. The van der Waals surface area contributed by atoms with E-state index in [0.29, 0.717) is 17.9 Å². The molecule has 1 saturated carbocycles. The predicted molar refractivity (Wildman–Crippen MR) is 118 cm³/mol. The van der Waals surface area contributed by atoms with Crippen LogP contribution >= 0.6 is 35.6 Å². The molecule has 1 aliphatic carbocycles. The molecule has 1 aliphatic heterocycles. The largest absolute Gasteiger partial charge is 0.371 e.